The average molecular weight is 416 g/mol. The molecule has 0 radical (unpaired) electrons. The zero-order valence-corrected chi connectivity index (χ0v) is 18.6. The van der Waals surface area contributed by atoms with Crippen LogP contribution >= 0.6 is 0 Å². The fourth-order valence-corrected chi connectivity index (χ4v) is 2.63. The second-order valence-corrected chi connectivity index (χ2v) is 8.85. The summed E-state index contributed by atoms with van der Waals surface area (Å²) in [6, 6.07) is 7.39. The van der Waals surface area contributed by atoms with Gasteiger partial charge in [0.05, 0.1) is 0 Å². The SMILES string of the molecule is CN(C)CCN(CC(=O)OC(C)(C)C)C(=O)/C=C/c1ccc(C(=O)NC2CC2)cc1. The molecule has 0 atom stereocenters. The fourth-order valence-electron chi connectivity index (χ4n) is 2.63. The van der Waals surface area contributed by atoms with E-state index >= 15 is 0 Å². The van der Waals surface area contributed by atoms with Crippen molar-refractivity contribution in [3.63, 3.8) is 0 Å². The fraction of sp³-hybridized carbons (Fsp3) is 0.522. The summed E-state index contributed by atoms with van der Waals surface area (Å²) >= 11 is 0. The molecule has 0 bridgehead atoms. The largest absolute Gasteiger partial charge is 0.459 e. The Labute approximate surface area is 179 Å². The Morgan fingerprint density at radius 1 is 1.10 bits per heavy atom. The van der Waals surface area contributed by atoms with Gasteiger partial charge < -0.3 is 19.9 Å². The van der Waals surface area contributed by atoms with Gasteiger partial charge in [-0.2, -0.15) is 0 Å². The number of rotatable bonds is 9. The number of nitrogens with zero attached hydrogens (tertiary/aromatic N) is 2. The molecule has 164 valence electrons. The number of hydrogen-bond acceptors (Lipinski definition) is 5. The number of esters is 1. The van der Waals surface area contributed by atoms with Crippen molar-refractivity contribution in [1.82, 2.24) is 15.1 Å². The van der Waals surface area contributed by atoms with Gasteiger partial charge in [-0.25, -0.2) is 0 Å². The third-order valence-corrected chi connectivity index (χ3v) is 4.37. The number of carbonyl (C=O) groups is 3. The average Bonchev–Trinajstić information content (AvgIpc) is 3.45. The van der Waals surface area contributed by atoms with Crippen molar-refractivity contribution >= 4 is 23.9 Å². The zero-order chi connectivity index (χ0) is 22.3. The highest BCUT2D eigenvalue weighted by Crippen LogP contribution is 2.19. The molecule has 1 fully saturated rings. The molecule has 0 aromatic heterocycles. The summed E-state index contributed by atoms with van der Waals surface area (Å²) in [7, 11) is 3.82. The smallest absolute Gasteiger partial charge is 0.326 e. The molecule has 2 rings (SSSR count). The van der Waals surface area contributed by atoms with Crippen LogP contribution < -0.4 is 5.32 Å². The van der Waals surface area contributed by atoms with Crippen molar-refractivity contribution in [2.45, 2.75) is 45.3 Å². The minimum absolute atomic E-state index is 0.0728. The van der Waals surface area contributed by atoms with Crippen LogP contribution in [0.2, 0.25) is 0 Å². The molecule has 1 aromatic rings. The van der Waals surface area contributed by atoms with Gasteiger partial charge in [0, 0.05) is 30.8 Å². The predicted molar refractivity (Wildman–Crippen MR) is 117 cm³/mol. The van der Waals surface area contributed by atoms with Crippen LogP contribution in [0.5, 0.6) is 0 Å². The van der Waals surface area contributed by atoms with Crippen molar-refractivity contribution in [2.75, 3.05) is 33.7 Å². The molecule has 7 nitrogen and oxygen atoms in total. The molecule has 2 amide bonds. The Hall–Kier alpha value is -2.67. The Morgan fingerprint density at radius 3 is 2.27 bits per heavy atom. The maximum absolute atomic E-state index is 12.7. The minimum Gasteiger partial charge on any atom is -0.459 e. The Bertz CT molecular complexity index is 775. The van der Waals surface area contributed by atoms with Crippen molar-refractivity contribution < 1.29 is 19.1 Å². The summed E-state index contributed by atoms with van der Waals surface area (Å²) in [6.45, 7) is 6.33. The van der Waals surface area contributed by atoms with E-state index in [1.54, 1.807) is 51.1 Å². The van der Waals surface area contributed by atoms with Gasteiger partial charge in [0.15, 0.2) is 0 Å². The molecule has 0 spiro atoms. The highest BCUT2D eigenvalue weighted by Gasteiger charge is 2.24. The van der Waals surface area contributed by atoms with Crippen molar-refractivity contribution in [1.29, 1.82) is 0 Å². The van der Waals surface area contributed by atoms with Crippen molar-refractivity contribution in [3.8, 4) is 0 Å². The lowest BCUT2D eigenvalue weighted by Gasteiger charge is -2.25. The molecule has 1 saturated carbocycles. The maximum atomic E-state index is 12.7. The lowest BCUT2D eigenvalue weighted by Crippen LogP contribution is -2.41. The summed E-state index contributed by atoms with van der Waals surface area (Å²) in [5, 5.41) is 2.95. The molecule has 0 saturated heterocycles. The van der Waals surface area contributed by atoms with Crippen LogP contribution in [0.25, 0.3) is 6.08 Å². The number of likely N-dealkylation sites (N-methyl/N-ethyl adjacent to an activating group) is 1. The van der Waals surface area contributed by atoms with Crippen LogP contribution in [-0.2, 0) is 14.3 Å². The lowest BCUT2D eigenvalue weighted by atomic mass is 10.1. The summed E-state index contributed by atoms with van der Waals surface area (Å²) in [4.78, 5) is 40.3. The molecule has 1 aromatic carbocycles. The topological polar surface area (TPSA) is 79.0 Å². The van der Waals surface area contributed by atoms with Gasteiger partial charge in [0.1, 0.15) is 12.1 Å². The van der Waals surface area contributed by atoms with E-state index < -0.39 is 11.6 Å². The number of nitrogens with one attached hydrogen (secondary N) is 1. The first kappa shape index (κ1) is 23.6. The third kappa shape index (κ3) is 8.78. The summed E-state index contributed by atoms with van der Waals surface area (Å²) in [6.07, 6.45) is 5.21. The van der Waals surface area contributed by atoms with E-state index in [1.165, 1.54) is 11.0 Å². The van der Waals surface area contributed by atoms with Crippen LogP contribution in [0.3, 0.4) is 0 Å². The van der Waals surface area contributed by atoms with Gasteiger partial charge in [-0.1, -0.05) is 12.1 Å². The molecular weight excluding hydrogens is 382 g/mol. The first-order valence-corrected chi connectivity index (χ1v) is 10.3. The summed E-state index contributed by atoms with van der Waals surface area (Å²) in [5.74, 6) is -0.774. The van der Waals surface area contributed by atoms with E-state index in [1.807, 2.05) is 19.0 Å². The molecule has 1 aliphatic rings. The first-order valence-electron chi connectivity index (χ1n) is 10.3. The lowest BCUT2D eigenvalue weighted by molar-refractivity contribution is -0.158. The van der Waals surface area contributed by atoms with E-state index in [2.05, 4.69) is 5.32 Å². The zero-order valence-electron chi connectivity index (χ0n) is 18.6. The maximum Gasteiger partial charge on any atom is 0.326 e. The van der Waals surface area contributed by atoms with Gasteiger partial charge in [0.25, 0.3) is 5.91 Å². The Balaban J connectivity index is 1.98. The Morgan fingerprint density at radius 2 is 1.73 bits per heavy atom. The molecule has 7 heteroatoms. The van der Waals surface area contributed by atoms with Crippen LogP contribution in [0.1, 0.15) is 49.5 Å². The van der Waals surface area contributed by atoms with E-state index in [0.29, 0.717) is 24.7 Å². The van der Waals surface area contributed by atoms with E-state index in [9.17, 15) is 14.4 Å². The van der Waals surface area contributed by atoms with Crippen molar-refractivity contribution in [2.24, 2.45) is 0 Å². The second-order valence-electron chi connectivity index (χ2n) is 8.85. The number of benzene rings is 1. The standard InChI is InChI=1S/C23H33N3O4/c1-23(2,3)30-21(28)16-26(15-14-25(4)5)20(27)13-8-17-6-9-18(10-7-17)22(29)24-19-11-12-19/h6-10,13,19H,11-12,14-16H2,1-5H3,(H,24,29)/b13-8+. The van der Waals surface area contributed by atoms with Crippen LogP contribution in [-0.4, -0.2) is 73.0 Å². The van der Waals surface area contributed by atoms with E-state index in [4.69, 9.17) is 4.74 Å². The van der Waals surface area contributed by atoms with Crippen LogP contribution in [0.15, 0.2) is 30.3 Å². The molecule has 1 N–H and O–H groups in total. The Kier molecular flexibility index (Phi) is 8.17. The monoisotopic (exact) mass is 415 g/mol. The highest BCUT2D eigenvalue weighted by molar-refractivity contribution is 5.95. The normalized spacial score (nSPS) is 14.1. The number of carbonyl (C=O) groups excluding carboxylic acids is 3. The summed E-state index contributed by atoms with van der Waals surface area (Å²) < 4.78 is 5.35. The number of amides is 2. The van der Waals surface area contributed by atoms with Gasteiger partial charge in [-0.3, -0.25) is 14.4 Å². The predicted octanol–water partition coefficient (Wildman–Crippen LogP) is 2.32. The minimum atomic E-state index is -0.600. The second kappa shape index (κ2) is 10.4. The number of ether oxygens (including phenoxy) is 1. The van der Waals surface area contributed by atoms with Crippen molar-refractivity contribution in [3.05, 3.63) is 41.5 Å². The van der Waals surface area contributed by atoms with Gasteiger partial charge >= 0.3 is 5.97 Å². The van der Waals surface area contributed by atoms with Gasteiger partial charge in [0.2, 0.25) is 5.91 Å². The number of hydrogen-bond donors (Lipinski definition) is 1. The van der Waals surface area contributed by atoms with Crippen LogP contribution in [0.4, 0.5) is 0 Å². The quantitative estimate of drug-likeness (QED) is 0.495. The third-order valence-electron chi connectivity index (χ3n) is 4.37. The molecule has 30 heavy (non-hydrogen) atoms. The molecule has 1 aliphatic carbocycles. The van der Waals surface area contributed by atoms with Gasteiger partial charge in [-0.15, -0.1) is 0 Å². The van der Waals surface area contributed by atoms with E-state index in [-0.39, 0.29) is 18.4 Å². The first-order chi connectivity index (χ1) is 14.0. The molecule has 0 heterocycles. The van der Waals surface area contributed by atoms with Crippen LogP contribution in [0, 0.1) is 0 Å². The molecular formula is C23H33N3O4. The summed E-state index contributed by atoms with van der Waals surface area (Å²) in [5.41, 5.74) is 0.801. The highest BCUT2D eigenvalue weighted by atomic mass is 16.6. The van der Waals surface area contributed by atoms with Gasteiger partial charge in [-0.05, 0) is 71.5 Å². The van der Waals surface area contributed by atoms with E-state index in [0.717, 1.165) is 18.4 Å². The molecule has 0 unspecified atom stereocenters. The molecule has 0 aliphatic heterocycles.